The van der Waals surface area contributed by atoms with Crippen LogP contribution >= 0.6 is 0 Å². The van der Waals surface area contributed by atoms with Crippen molar-refractivity contribution in [3.8, 4) is 0 Å². The van der Waals surface area contributed by atoms with Crippen molar-refractivity contribution in [1.82, 2.24) is 10.2 Å². The standard InChI is InChI=1S/C18H22N2O3/c21-16(15-10-18(11-15)12-23-17(22)19-18)20-8-6-14(7-9-20)13-4-2-1-3-5-13/h1-5,14-15H,6-12H2,(H,19,22). The van der Waals surface area contributed by atoms with E-state index in [1.54, 1.807) is 0 Å². The zero-order valence-corrected chi connectivity index (χ0v) is 13.2. The highest BCUT2D eigenvalue weighted by Crippen LogP contribution is 2.42. The van der Waals surface area contributed by atoms with Crippen LogP contribution in [0.15, 0.2) is 30.3 Å². The second-order valence-corrected chi connectivity index (χ2v) is 7.10. The number of rotatable bonds is 2. The molecular weight excluding hydrogens is 292 g/mol. The van der Waals surface area contributed by atoms with E-state index in [-0.39, 0.29) is 23.5 Å². The fourth-order valence-electron chi connectivity index (χ4n) is 4.19. The number of ether oxygens (including phenoxy) is 1. The Morgan fingerprint density at radius 3 is 2.48 bits per heavy atom. The fraction of sp³-hybridized carbons (Fsp3) is 0.556. The molecule has 4 rings (SSSR count). The van der Waals surface area contributed by atoms with Gasteiger partial charge in [-0.15, -0.1) is 0 Å². The van der Waals surface area contributed by atoms with E-state index in [1.165, 1.54) is 5.56 Å². The highest BCUT2D eigenvalue weighted by molar-refractivity contribution is 5.81. The van der Waals surface area contributed by atoms with Crippen LogP contribution in [0.3, 0.4) is 0 Å². The molecular formula is C18H22N2O3. The Labute approximate surface area is 136 Å². The topological polar surface area (TPSA) is 58.6 Å². The van der Waals surface area contributed by atoms with Crippen molar-refractivity contribution in [2.24, 2.45) is 5.92 Å². The molecule has 1 aliphatic carbocycles. The molecule has 2 amide bonds. The summed E-state index contributed by atoms with van der Waals surface area (Å²) in [6.07, 6.45) is 3.16. The van der Waals surface area contributed by atoms with Crippen LogP contribution in [0.5, 0.6) is 0 Å². The first kappa shape index (κ1) is 14.5. The number of nitrogens with zero attached hydrogens (tertiary/aromatic N) is 1. The van der Waals surface area contributed by atoms with Gasteiger partial charge in [-0.05, 0) is 37.2 Å². The Bertz CT molecular complexity index is 602. The summed E-state index contributed by atoms with van der Waals surface area (Å²) >= 11 is 0. The van der Waals surface area contributed by atoms with Gasteiger partial charge < -0.3 is 15.0 Å². The Hall–Kier alpha value is -2.04. The lowest BCUT2D eigenvalue weighted by Gasteiger charge is -2.45. The molecule has 5 nitrogen and oxygen atoms in total. The minimum Gasteiger partial charge on any atom is -0.447 e. The second-order valence-electron chi connectivity index (χ2n) is 7.10. The number of hydrogen-bond acceptors (Lipinski definition) is 3. The lowest BCUT2D eigenvalue weighted by molar-refractivity contribution is -0.142. The molecule has 23 heavy (non-hydrogen) atoms. The first-order chi connectivity index (χ1) is 11.2. The number of likely N-dealkylation sites (tertiary alicyclic amines) is 1. The van der Waals surface area contributed by atoms with Crippen LogP contribution in [0.25, 0.3) is 0 Å². The third-order valence-electron chi connectivity index (χ3n) is 5.55. The van der Waals surface area contributed by atoms with E-state index in [0.29, 0.717) is 12.5 Å². The Balaban J connectivity index is 1.29. The van der Waals surface area contributed by atoms with Crippen molar-refractivity contribution in [1.29, 1.82) is 0 Å². The number of benzene rings is 1. The second kappa shape index (κ2) is 5.55. The largest absolute Gasteiger partial charge is 0.447 e. The minimum atomic E-state index is -0.348. The van der Waals surface area contributed by atoms with E-state index < -0.39 is 0 Å². The van der Waals surface area contributed by atoms with Crippen LogP contribution in [0.4, 0.5) is 4.79 Å². The molecule has 0 unspecified atom stereocenters. The lowest BCUT2D eigenvalue weighted by atomic mass is 9.68. The van der Waals surface area contributed by atoms with Crippen LogP contribution in [0.2, 0.25) is 0 Å². The van der Waals surface area contributed by atoms with E-state index in [0.717, 1.165) is 38.8 Å². The highest BCUT2D eigenvalue weighted by atomic mass is 16.6. The maximum Gasteiger partial charge on any atom is 0.407 e. The van der Waals surface area contributed by atoms with Gasteiger partial charge in [0, 0.05) is 19.0 Å². The summed E-state index contributed by atoms with van der Waals surface area (Å²) in [5.41, 5.74) is 1.12. The lowest BCUT2D eigenvalue weighted by Crippen LogP contribution is -2.58. The van der Waals surface area contributed by atoms with Crippen molar-refractivity contribution in [3.63, 3.8) is 0 Å². The van der Waals surface area contributed by atoms with Gasteiger partial charge in [0.15, 0.2) is 0 Å². The maximum atomic E-state index is 12.6. The van der Waals surface area contributed by atoms with E-state index in [9.17, 15) is 9.59 Å². The maximum absolute atomic E-state index is 12.6. The monoisotopic (exact) mass is 314 g/mol. The summed E-state index contributed by atoms with van der Waals surface area (Å²) < 4.78 is 4.97. The Kier molecular flexibility index (Phi) is 3.51. The molecule has 1 N–H and O–H groups in total. The molecule has 2 aliphatic heterocycles. The Morgan fingerprint density at radius 1 is 1.17 bits per heavy atom. The van der Waals surface area contributed by atoms with Crippen molar-refractivity contribution in [2.75, 3.05) is 19.7 Å². The number of nitrogens with one attached hydrogen (secondary N) is 1. The first-order valence-corrected chi connectivity index (χ1v) is 8.44. The van der Waals surface area contributed by atoms with Crippen LogP contribution < -0.4 is 5.32 Å². The fourth-order valence-corrected chi connectivity index (χ4v) is 4.19. The van der Waals surface area contributed by atoms with E-state index >= 15 is 0 Å². The van der Waals surface area contributed by atoms with Crippen LogP contribution in [0, 0.1) is 5.92 Å². The summed E-state index contributed by atoms with van der Waals surface area (Å²) in [6.45, 7) is 2.08. The summed E-state index contributed by atoms with van der Waals surface area (Å²) in [7, 11) is 0. The molecule has 1 aromatic rings. The average molecular weight is 314 g/mol. The summed E-state index contributed by atoms with van der Waals surface area (Å²) in [5.74, 6) is 0.865. The SMILES string of the molecule is O=C1NC2(CO1)CC(C(=O)N1CCC(c3ccccc3)CC1)C2. The first-order valence-electron chi connectivity index (χ1n) is 8.44. The molecule has 5 heteroatoms. The van der Waals surface area contributed by atoms with Crippen molar-refractivity contribution >= 4 is 12.0 Å². The van der Waals surface area contributed by atoms with E-state index in [4.69, 9.17) is 4.74 Å². The van der Waals surface area contributed by atoms with Gasteiger partial charge >= 0.3 is 6.09 Å². The Morgan fingerprint density at radius 2 is 1.87 bits per heavy atom. The molecule has 2 heterocycles. The molecule has 0 aromatic heterocycles. The van der Waals surface area contributed by atoms with E-state index in [1.807, 2.05) is 11.0 Å². The number of carbonyl (C=O) groups excluding carboxylic acids is 2. The molecule has 3 aliphatic rings. The number of cyclic esters (lactones) is 1. The van der Waals surface area contributed by atoms with Gasteiger partial charge in [-0.25, -0.2) is 4.79 Å². The highest BCUT2D eigenvalue weighted by Gasteiger charge is 2.53. The number of hydrogen-bond donors (Lipinski definition) is 1. The average Bonchev–Trinajstić information content (AvgIpc) is 2.96. The molecule has 1 saturated carbocycles. The predicted molar refractivity (Wildman–Crippen MR) is 84.9 cm³/mol. The summed E-state index contributed by atoms with van der Waals surface area (Å²) in [5, 5.41) is 2.85. The van der Waals surface area contributed by atoms with Gasteiger partial charge in [0.2, 0.25) is 5.91 Å². The molecule has 0 bridgehead atoms. The molecule has 0 radical (unpaired) electrons. The molecule has 1 aromatic carbocycles. The molecule has 122 valence electrons. The summed E-state index contributed by atoms with van der Waals surface area (Å²) in [6, 6.07) is 10.6. The van der Waals surface area contributed by atoms with Crippen LogP contribution in [-0.2, 0) is 9.53 Å². The number of amides is 2. The van der Waals surface area contributed by atoms with Crippen LogP contribution in [0.1, 0.15) is 37.2 Å². The number of carbonyl (C=O) groups is 2. The van der Waals surface area contributed by atoms with Gasteiger partial charge in [0.05, 0.1) is 5.54 Å². The number of alkyl carbamates (subject to hydrolysis) is 1. The van der Waals surface area contributed by atoms with Gasteiger partial charge in [-0.1, -0.05) is 30.3 Å². The normalized spacial score (nSPS) is 30.7. The van der Waals surface area contributed by atoms with E-state index in [2.05, 4.69) is 29.6 Å². The van der Waals surface area contributed by atoms with Crippen LogP contribution in [-0.4, -0.2) is 42.1 Å². The van der Waals surface area contributed by atoms with Crippen molar-refractivity contribution in [3.05, 3.63) is 35.9 Å². The zero-order chi connectivity index (χ0) is 15.9. The predicted octanol–water partition coefficient (Wildman–Crippen LogP) is 2.28. The van der Waals surface area contributed by atoms with Gasteiger partial charge in [0.25, 0.3) is 0 Å². The molecule has 0 atom stereocenters. The third-order valence-corrected chi connectivity index (χ3v) is 5.55. The third kappa shape index (κ3) is 2.69. The van der Waals surface area contributed by atoms with Gasteiger partial charge in [-0.2, -0.15) is 0 Å². The molecule has 1 spiro atoms. The van der Waals surface area contributed by atoms with Crippen molar-refractivity contribution in [2.45, 2.75) is 37.1 Å². The molecule has 2 saturated heterocycles. The van der Waals surface area contributed by atoms with Gasteiger partial charge in [-0.3, -0.25) is 4.79 Å². The zero-order valence-electron chi connectivity index (χ0n) is 13.2. The smallest absolute Gasteiger partial charge is 0.407 e. The van der Waals surface area contributed by atoms with Gasteiger partial charge in [0.1, 0.15) is 6.61 Å². The minimum absolute atomic E-state index is 0.0466. The summed E-state index contributed by atoms with van der Waals surface area (Å²) in [4.78, 5) is 25.8. The quantitative estimate of drug-likeness (QED) is 0.911. The number of piperidine rings is 1. The molecule has 3 fully saturated rings. The van der Waals surface area contributed by atoms with Crippen molar-refractivity contribution < 1.29 is 14.3 Å².